The summed E-state index contributed by atoms with van der Waals surface area (Å²) < 4.78 is 25.1. The molecule has 2 aromatic carbocycles. The molecule has 0 saturated carbocycles. The molecule has 1 N–H and O–H groups in total. The first kappa shape index (κ1) is 15.8. The topological polar surface area (TPSA) is 49.7 Å². The van der Waals surface area contributed by atoms with Crippen LogP contribution in [0.25, 0.3) is 0 Å². The fourth-order valence-corrected chi connectivity index (χ4v) is 2.04. The molecule has 114 valence electrons. The third-order valence-corrected chi connectivity index (χ3v) is 3.07. The maximum Gasteiger partial charge on any atom is 0.328 e. The van der Waals surface area contributed by atoms with Gasteiger partial charge in [0.25, 0.3) is 0 Å². The van der Waals surface area contributed by atoms with E-state index < -0.39 is 24.9 Å². The Labute approximate surface area is 126 Å². The van der Waals surface area contributed by atoms with Crippen LogP contribution in [0.2, 0.25) is 0 Å². The molecule has 5 heteroatoms. The number of carboxylic acids is 1. The van der Waals surface area contributed by atoms with E-state index >= 15 is 0 Å². The molecule has 0 amide bonds. The Morgan fingerprint density at radius 3 is 1.77 bits per heavy atom. The number of carbonyl (C=O) groups is 1. The molecule has 1 unspecified atom stereocenters. The summed E-state index contributed by atoms with van der Waals surface area (Å²) in [6.45, 7) is 0. The number of aliphatic carboxylic acids is 1. The van der Waals surface area contributed by atoms with Crippen LogP contribution >= 0.6 is 0 Å². The highest BCUT2D eigenvalue weighted by Crippen LogP contribution is 2.15. The van der Waals surface area contributed by atoms with Gasteiger partial charge in [-0.1, -0.05) is 60.7 Å². The number of benzene rings is 2. The van der Waals surface area contributed by atoms with E-state index in [4.69, 9.17) is 5.11 Å². The Morgan fingerprint density at radius 1 is 0.955 bits per heavy atom. The maximum atomic E-state index is 12.6. The van der Waals surface area contributed by atoms with Crippen molar-refractivity contribution in [2.75, 3.05) is 0 Å². The van der Waals surface area contributed by atoms with Crippen LogP contribution in [-0.2, 0) is 4.79 Å². The second-order valence-corrected chi connectivity index (χ2v) is 4.69. The fraction of sp³-hybridized carbons (Fsp3) is 0.176. The maximum absolute atomic E-state index is 12.6. The van der Waals surface area contributed by atoms with Crippen molar-refractivity contribution < 1.29 is 18.7 Å². The molecule has 0 saturated heterocycles. The van der Waals surface area contributed by atoms with Crippen molar-refractivity contribution in [3.8, 4) is 0 Å². The average molecular weight is 303 g/mol. The molecule has 0 bridgehead atoms. The zero-order valence-corrected chi connectivity index (χ0v) is 11.7. The van der Waals surface area contributed by atoms with Crippen molar-refractivity contribution in [1.29, 1.82) is 0 Å². The van der Waals surface area contributed by atoms with E-state index in [2.05, 4.69) is 4.99 Å². The fourth-order valence-electron chi connectivity index (χ4n) is 2.04. The van der Waals surface area contributed by atoms with E-state index in [0.29, 0.717) is 16.8 Å². The van der Waals surface area contributed by atoms with Crippen molar-refractivity contribution in [3.63, 3.8) is 0 Å². The molecule has 0 fully saturated rings. The molecule has 0 spiro atoms. The van der Waals surface area contributed by atoms with Gasteiger partial charge in [0.1, 0.15) is 0 Å². The van der Waals surface area contributed by atoms with Gasteiger partial charge in [-0.15, -0.1) is 0 Å². The van der Waals surface area contributed by atoms with Crippen LogP contribution in [-0.4, -0.2) is 29.3 Å². The molecular formula is C17H15F2NO2. The predicted molar refractivity (Wildman–Crippen MR) is 80.6 cm³/mol. The highest BCUT2D eigenvalue weighted by molar-refractivity contribution is 6.13. The Morgan fingerprint density at radius 2 is 1.41 bits per heavy atom. The standard InChI is InChI=1S/C17H15F2NO2/c18-15(19)11-14(17(21)22)20-16(12-7-3-1-4-8-12)13-9-5-2-6-10-13/h1-10,14-15H,11H2,(H,21,22). The summed E-state index contributed by atoms with van der Waals surface area (Å²) in [5, 5.41) is 9.12. The highest BCUT2D eigenvalue weighted by Gasteiger charge is 2.23. The smallest absolute Gasteiger partial charge is 0.328 e. The first-order valence-electron chi connectivity index (χ1n) is 6.77. The lowest BCUT2D eigenvalue weighted by atomic mass is 10.0. The second-order valence-electron chi connectivity index (χ2n) is 4.69. The molecule has 0 aromatic heterocycles. The molecule has 0 heterocycles. The second kappa shape index (κ2) is 7.45. The minimum Gasteiger partial charge on any atom is -0.480 e. The van der Waals surface area contributed by atoms with Crippen LogP contribution in [0.3, 0.4) is 0 Å². The highest BCUT2D eigenvalue weighted by atomic mass is 19.3. The number of rotatable bonds is 6. The molecular weight excluding hydrogens is 288 g/mol. The van der Waals surface area contributed by atoms with Gasteiger partial charge in [0.15, 0.2) is 6.04 Å². The summed E-state index contributed by atoms with van der Waals surface area (Å²) in [6.07, 6.45) is -3.53. The average Bonchev–Trinajstić information content (AvgIpc) is 2.52. The molecule has 0 aliphatic heterocycles. The summed E-state index contributed by atoms with van der Waals surface area (Å²) in [5.41, 5.74) is 1.78. The SMILES string of the molecule is O=C(O)C(CC(F)F)N=C(c1ccccc1)c1ccccc1. The largest absolute Gasteiger partial charge is 0.480 e. The van der Waals surface area contributed by atoms with Gasteiger partial charge >= 0.3 is 5.97 Å². The summed E-state index contributed by atoms with van der Waals surface area (Å²) in [7, 11) is 0. The third-order valence-electron chi connectivity index (χ3n) is 3.07. The lowest BCUT2D eigenvalue weighted by Gasteiger charge is -2.12. The first-order chi connectivity index (χ1) is 10.6. The minimum atomic E-state index is -2.72. The quantitative estimate of drug-likeness (QED) is 0.828. The normalized spacial score (nSPS) is 12.0. The number of nitrogens with zero attached hydrogens (tertiary/aromatic N) is 1. The van der Waals surface area contributed by atoms with Crippen LogP contribution in [0.5, 0.6) is 0 Å². The van der Waals surface area contributed by atoms with Gasteiger partial charge in [0.2, 0.25) is 6.43 Å². The number of alkyl halides is 2. The Balaban J connectivity index is 2.48. The van der Waals surface area contributed by atoms with Gasteiger partial charge in [-0.2, -0.15) is 0 Å². The lowest BCUT2D eigenvalue weighted by Crippen LogP contribution is -2.23. The van der Waals surface area contributed by atoms with E-state index in [0.717, 1.165) is 0 Å². The minimum absolute atomic E-state index is 0.397. The zero-order chi connectivity index (χ0) is 15.9. The van der Waals surface area contributed by atoms with Gasteiger partial charge in [-0.25, -0.2) is 13.6 Å². The molecule has 0 aliphatic rings. The molecule has 0 aliphatic carbocycles. The van der Waals surface area contributed by atoms with E-state index in [9.17, 15) is 13.6 Å². The van der Waals surface area contributed by atoms with Crippen molar-refractivity contribution in [3.05, 3.63) is 71.8 Å². The van der Waals surface area contributed by atoms with E-state index in [1.54, 1.807) is 48.5 Å². The Kier molecular flexibility index (Phi) is 5.36. The molecule has 1 atom stereocenters. The van der Waals surface area contributed by atoms with Gasteiger partial charge in [0.05, 0.1) is 5.71 Å². The van der Waals surface area contributed by atoms with E-state index in [1.807, 2.05) is 12.1 Å². The van der Waals surface area contributed by atoms with Gasteiger partial charge in [-0.05, 0) is 0 Å². The van der Waals surface area contributed by atoms with Crippen LogP contribution in [0, 0.1) is 0 Å². The summed E-state index contributed by atoms with van der Waals surface area (Å²) in [6, 6.07) is 16.4. The molecule has 2 aromatic rings. The molecule has 22 heavy (non-hydrogen) atoms. The molecule has 2 rings (SSSR count). The van der Waals surface area contributed by atoms with Gasteiger partial charge in [0, 0.05) is 17.5 Å². The number of halogens is 2. The van der Waals surface area contributed by atoms with Crippen LogP contribution < -0.4 is 0 Å². The summed E-state index contributed by atoms with van der Waals surface area (Å²) >= 11 is 0. The monoisotopic (exact) mass is 303 g/mol. The van der Waals surface area contributed by atoms with E-state index in [1.165, 1.54) is 0 Å². The number of hydrogen-bond donors (Lipinski definition) is 1. The Bertz CT molecular complexity index is 601. The predicted octanol–water partition coefficient (Wildman–Crippen LogP) is 3.63. The van der Waals surface area contributed by atoms with Gasteiger partial charge in [-0.3, -0.25) is 4.99 Å². The van der Waals surface area contributed by atoms with E-state index in [-0.39, 0.29) is 0 Å². The third kappa shape index (κ3) is 4.22. The first-order valence-corrected chi connectivity index (χ1v) is 6.77. The number of aliphatic imine (C=N–C) groups is 1. The number of hydrogen-bond acceptors (Lipinski definition) is 2. The summed E-state index contributed by atoms with van der Waals surface area (Å²) in [4.78, 5) is 15.3. The summed E-state index contributed by atoms with van der Waals surface area (Å²) in [5.74, 6) is -1.36. The lowest BCUT2D eigenvalue weighted by molar-refractivity contribution is -0.139. The van der Waals surface area contributed by atoms with Crippen molar-refractivity contribution in [2.45, 2.75) is 18.9 Å². The van der Waals surface area contributed by atoms with Crippen molar-refractivity contribution in [2.24, 2.45) is 4.99 Å². The van der Waals surface area contributed by atoms with Crippen LogP contribution in [0.4, 0.5) is 8.78 Å². The Hall–Kier alpha value is -2.56. The zero-order valence-electron chi connectivity index (χ0n) is 11.7. The van der Waals surface area contributed by atoms with Crippen LogP contribution in [0.15, 0.2) is 65.7 Å². The molecule has 0 radical (unpaired) electrons. The van der Waals surface area contributed by atoms with Crippen molar-refractivity contribution >= 4 is 11.7 Å². The molecule has 3 nitrogen and oxygen atoms in total. The number of carboxylic acid groups (broad SMARTS) is 1. The van der Waals surface area contributed by atoms with Crippen molar-refractivity contribution in [1.82, 2.24) is 0 Å². The van der Waals surface area contributed by atoms with Gasteiger partial charge < -0.3 is 5.11 Å². The van der Waals surface area contributed by atoms with Crippen LogP contribution in [0.1, 0.15) is 17.5 Å².